The number of nitrogens with zero attached hydrogens (tertiary/aromatic N) is 2. The van der Waals surface area contributed by atoms with Crippen molar-refractivity contribution in [1.29, 1.82) is 0 Å². The average Bonchev–Trinajstić information content (AvgIpc) is 3.31. The van der Waals surface area contributed by atoms with Crippen molar-refractivity contribution >= 4 is 17.5 Å². The molecule has 1 saturated heterocycles. The first-order valence-corrected chi connectivity index (χ1v) is 9.07. The summed E-state index contributed by atoms with van der Waals surface area (Å²) >= 11 is 6.18. The van der Waals surface area contributed by atoms with Gasteiger partial charge in [0.2, 0.25) is 5.91 Å². The molecule has 0 bridgehead atoms. The molecular formula is C18H23ClN2O3. The lowest BCUT2D eigenvalue weighted by Crippen LogP contribution is -2.50. The van der Waals surface area contributed by atoms with E-state index in [1.807, 2.05) is 23.1 Å². The third-order valence-electron chi connectivity index (χ3n) is 5.76. The van der Waals surface area contributed by atoms with Crippen molar-refractivity contribution in [2.24, 2.45) is 5.92 Å². The van der Waals surface area contributed by atoms with Crippen LogP contribution in [0, 0.1) is 5.92 Å². The van der Waals surface area contributed by atoms with Gasteiger partial charge in [0, 0.05) is 54.6 Å². The monoisotopic (exact) mass is 350 g/mol. The lowest BCUT2D eigenvalue weighted by atomic mass is 9.87. The molecule has 1 aromatic carbocycles. The van der Waals surface area contributed by atoms with Crippen LogP contribution in [0.2, 0.25) is 5.02 Å². The van der Waals surface area contributed by atoms with Crippen molar-refractivity contribution in [1.82, 2.24) is 9.80 Å². The first kappa shape index (κ1) is 16.2. The summed E-state index contributed by atoms with van der Waals surface area (Å²) in [5.41, 5.74) is 1.04. The molecule has 2 fully saturated rings. The van der Waals surface area contributed by atoms with E-state index in [4.69, 9.17) is 21.4 Å². The number of carbonyl (C=O) groups excluding carboxylic acids is 1. The molecule has 130 valence electrons. The van der Waals surface area contributed by atoms with Gasteiger partial charge in [-0.3, -0.25) is 9.69 Å². The number of piperazine rings is 1. The molecule has 1 aromatic rings. The van der Waals surface area contributed by atoms with Crippen molar-refractivity contribution in [3.63, 3.8) is 0 Å². The SMILES string of the molecule is O=C([C@@H]1C[C@]12CCOc1ccc(Cl)cc12)N1CCN(CCO)CC1. The highest BCUT2D eigenvalue weighted by atomic mass is 35.5. The first-order valence-electron chi connectivity index (χ1n) is 8.69. The second-order valence-electron chi connectivity index (χ2n) is 7.04. The van der Waals surface area contributed by atoms with Gasteiger partial charge in [-0.15, -0.1) is 0 Å². The quantitative estimate of drug-likeness (QED) is 0.898. The van der Waals surface area contributed by atoms with E-state index < -0.39 is 0 Å². The fourth-order valence-electron chi connectivity index (χ4n) is 4.25. The zero-order chi connectivity index (χ0) is 16.7. The fraction of sp³-hybridized carbons (Fsp3) is 0.611. The summed E-state index contributed by atoms with van der Waals surface area (Å²) < 4.78 is 5.75. The van der Waals surface area contributed by atoms with Gasteiger partial charge in [0.1, 0.15) is 5.75 Å². The number of aliphatic hydroxyl groups is 1. The summed E-state index contributed by atoms with van der Waals surface area (Å²) in [6.45, 7) is 4.74. The van der Waals surface area contributed by atoms with Crippen LogP contribution in [-0.4, -0.2) is 66.8 Å². The van der Waals surface area contributed by atoms with Gasteiger partial charge >= 0.3 is 0 Å². The van der Waals surface area contributed by atoms with Crippen LogP contribution in [0.1, 0.15) is 18.4 Å². The number of halogens is 1. The van der Waals surface area contributed by atoms with Crippen LogP contribution in [0.25, 0.3) is 0 Å². The molecule has 1 saturated carbocycles. The highest BCUT2D eigenvalue weighted by Gasteiger charge is 2.61. The van der Waals surface area contributed by atoms with E-state index in [0.717, 1.165) is 50.3 Å². The van der Waals surface area contributed by atoms with E-state index in [9.17, 15) is 4.79 Å². The van der Waals surface area contributed by atoms with Gasteiger partial charge in [-0.2, -0.15) is 0 Å². The van der Waals surface area contributed by atoms with Crippen LogP contribution in [-0.2, 0) is 10.2 Å². The number of carbonyl (C=O) groups is 1. The van der Waals surface area contributed by atoms with Gasteiger partial charge < -0.3 is 14.7 Å². The number of benzene rings is 1. The van der Waals surface area contributed by atoms with E-state index in [1.165, 1.54) is 0 Å². The zero-order valence-corrected chi connectivity index (χ0v) is 14.5. The van der Waals surface area contributed by atoms with Crippen LogP contribution < -0.4 is 4.74 Å². The topological polar surface area (TPSA) is 53.0 Å². The largest absolute Gasteiger partial charge is 0.493 e. The van der Waals surface area contributed by atoms with Gasteiger partial charge in [0.25, 0.3) is 0 Å². The fourth-order valence-corrected chi connectivity index (χ4v) is 4.42. The van der Waals surface area contributed by atoms with E-state index in [1.54, 1.807) is 0 Å². The third-order valence-corrected chi connectivity index (χ3v) is 5.99. The normalized spacial score (nSPS) is 29.2. The van der Waals surface area contributed by atoms with E-state index in [-0.39, 0.29) is 23.8 Å². The van der Waals surface area contributed by atoms with Gasteiger partial charge in [-0.1, -0.05) is 11.6 Å². The highest BCUT2D eigenvalue weighted by molar-refractivity contribution is 6.30. The van der Waals surface area contributed by atoms with E-state index in [0.29, 0.717) is 18.2 Å². The van der Waals surface area contributed by atoms with Crippen molar-refractivity contribution in [2.45, 2.75) is 18.3 Å². The Kier molecular flexibility index (Phi) is 4.19. The Morgan fingerprint density at radius 1 is 1.33 bits per heavy atom. The highest BCUT2D eigenvalue weighted by Crippen LogP contribution is 2.61. The minimum atomic E-state index is -0.0716. The minimum Gasteiger partial charge on any atom is -0.493 e. The smallest absolute Gasteiger partial charge is 0.226 e. The van der Waals surface area contributed by atoms with Gasteiger partial charge in [0.05, 0.1) is 13.2 Å². The summed E-state index contributed by atoms with van der Waals surface area (Å²) in [6.07, 6.45) is 1.79. The lowest BCUT2D eigenvalue weighted by molar-refractivity contribution is -0.135. The molecule has 4 rings (SSSR count). The Morgan fingerprint density at radius 3 is 2.88 bits per heavy atom. The molecule has 3 aliphatic rings. The third kappa shape index (κ3) is 2.68. The Hall–Kier alpha value is -1.30. The zero-order valence-electron chi connectivity index (χ0n) is 13.7. The predicted octanol–water partition coefficient (Wildman–Crippen LogP) is 1.52. The second-order valence-corrected chi connectivity index (χ2v) is 7.48. The van der Waals surface area contributed by atoms with Crippen molar-refractivity contribution in [3.8, 4) is 5.75 Å². The average molecular weight is 351 g/mol. The number of rotatable bonds is 3. The standard InChI is InChI=1S/C18H23ClN2O3/c19-13-1-2-16-14(11-13)18(3-10-24-16)12-15(18)17(23)21-6-4-20(5-7-21)8-9-22/h1-2,11,15,22H,3-10,12H2/t15-,18-/m0/s1. The van der Waals surface area contributed by atoms with Gasteiger partial charge in [-0.25, -0.2) is 0 Å². The number of amides is 1. The van der Waals surface area contributed by atoms with Crippen molar-refractivity contribution in [2.75, 3.05) is 45.9 Å². The molecule has 1 N–H and O–H groups in total. The molecule has 6 heteroatoms. The Morgan fingerprint density at radius 2 is 2.12 bits per heavy atom. The van der Waals surface area contributed by atoms with Gasteiger partial charge in [-0.05, 0) is 31.0 Å². The van der Waals surface area contributed by atoms with Crippen LogP contribution in [0.5, 0.6) is 5.75 Å². The molecule has 0 unspecified atom stereocenters. The molecule has 2 atom stereocenters. The van der Waals surface area contributed by atoms with Crippen molar-refractivity contribution < 1.29 is 14.6 Å². The second kappa shape index (κ2) is 6.21. The predicted molar refractivity (Wildman–Crippen MR) is 91.5 cm³/mol. The number of β-amino-alcohol motifs (C(OH)–C–C–N with tert-alkyl or cyclic N) is 1. The maximum atomic E-state index is 13.0. The number of aliphatic hydroxyl groups excluding tert-OH is 1. The summed E-state index contributed by atoms with van der Waals surface area (Å²) in [4.78, 5) is 17.2. The molecule has 2 heterocycles. The first-order chi connectivity index (χ1) is 11.6. The van der Waals surface area contributed by atoms with E-state index in [2.05, 4.69) is 4.90 Å². The van der Waals surface area contributed by atoms with Crippen LogP contribution in [0.15, 0.2) is 18.2 Å². The summed E-state index contributed by atoms with van der Waals surface area (Å²) in [6, 6.07) is 5.74. The molecule has 1 amide bonds. The van der Waals surface area contributed by atoms with Crippen LogP contribution in [0.3, 0.4) is 0 Å². The van der Waals surface area contributed by atoms with Gasteiger partial charge in [0.15, 0.2) is 0 Å². The van der Waals surface area contributed by atoms with Crippen LogP contribution in [0.4, 0.5) is 0 Å². The number of hydrogen-bond donors (Lipinski definition) is 1. The van der Waals surface area contributed by atoms with Crippen LogP contribution >= 0.6 is 11.6 Å². The Balaban J connectivity index is 1.47. The summed E-state index contributed by atoms with van der Waals surface area (Å²) in [5, 5.41) is 9.73. The lowest BCUT2D eigenvalue weighted by Gasteiger charge is -2.35. The molecular weight excluding hydrogens is 328 g/mol. The maximum absolute atomic E-state index is 13.0. The number of ether oxygens (including phenoxy) is 1. The summed E-state index contributed by atoms with van der Waals surface area (Å²) in [7, 11) is 0. The molecule has 1 spiro atoms. The minimum absolute atomic E-state index is 0.0583. The maximum Gasteiger partial charge on any atom is 0.226 e. The molecule has 24 heavy (non-hydrogen) atoms. The Bertz CT molecular complexity index is 645. The van der Waals surface area contributed by atoms with Crippen molar-refractivity contribution in [3.05, 3.63) is 28.8 Å². The molecule has 0 aromatic heterocycles. The molecule has 1 aliphatic carbocycles. The number of fused-ring (bicyclic) bond motifs is 2. The van der Waals surface area contributed by atoms with E-state index >= 15 is 0 Å². The molecule has 2 aliphatic heterocycles. The number of hydrogen-bond acceptors (Lipinski definition) is 4. The molecule has 0 radical (unpaired) electrons. The summed E-state index contributed by atoms with van der Waals surface area (Å²) in [5.74, 6) is 1.21. The Labute approximate surface area is 147 Å². The molecule has 5 nitrogen and oxygen atoms in total.